The number of hydrogen-bond donors (Lipinski definition) is 2. The Bertz CT molecular complexity index is 559. The summed E-state index contributed by atoms with van der Waals surface area (Å²) in [7, 11) is 0. The monoisotopic (exact) mass is 261 g/mol. The molecule has 0 aliphatic rings. The van der Waals surface area contributed by atoms with Crippen molar-refractivity contribution in [3.63, 3.8) is 0 Å². The fourth-order valence-corrected chi connectivity index (χ4v) is 2.78. The van der Waals surface area contributed by atoms with Crippen LogP contribution in [0.5, 0.6) is 0 Å². The van der Waals surface area contributed by atoms with Crippen molar-refractivity contribution in [3.05, 3.63) is 29.8 Å². The van der Waals surface area contributed by atoms with E-state index < -0.39 is 11.8 Å². The van der Waals surface area contributed by atoms with Crippen molar-refractivity contribution in [2.45, 2.75) is 18.7 Å². The molecule has 0 bridgehead atoms. The summed E-state index contributed by atoms with van der Waals surface area (Å²) in [6, 6.07) is 6.53. The molecule has 1 aromatic carbocycles. The Morgan fingerprint density at radius 3 is 2.41 bits per heavy atom. The van der Waals surface area contributed by atoms with Gasteiger partial charge < -0.3 is 10.8 Å². The third kappa shape index (κ3) is 1.77. The lowest BCUT2D eigenvalue weighted by Gasteiger charge is -2.26. The van der Waals surface area contributed by atoms with Crippen molar-refractivity contribution >= 4 is 26.4 Å². The van der Waals surface area contributed by atoms with Gasteiger partial charge in [-0.1, -0.05) is 18.2 Å². The Morgan fingerprint density at radius 1 is 1.24 bits per heavy atom. The van der Waals surface area contributed by atoms with Crippen molar-refractivity contribution in [1.29, 1.82) is 0 Å². The maximum absolute atomic E-state index is 12.8. The van der Waals surface area contributed by atoms with Crippen LogP contribution in [-0.4, -0.2) is 11.3 Å². The molecule has 1 atom stereocenters. The number of halogens is 3. The Kier molecular flexibility index (Phi) is 2.59. The third-order valence-electron chi connectivity index (χ3n) is 2.66. The molecular weight excluding hydrogens is 251 g/mol. The van der Waals surface area contributed by atoms with Crippen molar-refractivity contribution in [1.82, 2.24) is 0 Å². The normalized spacial score (nSPS) is 16.1. The molecule has 0 radical (unpaired) electrons. The van der Waals surface area contributed by atoms with Crippen LogP contribution in [0.2, 0.25) is 0 Å². The molecule has 0 saturated carbocycles. The summed E-state index contributed by atoms with van der Waals surface area (Å²) in [5.74, 6) is 0. The van der Waals surface area contributed by atoms with E-state index in [1.54, 1.807) is 18.2 Å². The summed E-state index contributed by atoms with van der Waals surface area (Å²) in [6.45, 7) is 0.720. The van der Waals surface area contributed by atoms with Crippen LogP contribution < -0.4 is 5.73 Å². The van der Waals surface area contributed by atoms with Crippen molar-refractivity contribution in [2.75, 3.05) is 5.73 Å². The number of benzene rings is 1. The van der Waals surface area contributed by atoms with Crippen LogP contribution in [0.15, 0.2) is 24.3 Å². The summed E-state index contributed by atoms with van der Waals surface area (Å²) >= 11 is 1.04. The first kappa shape index (κ1) is 12.2. The number of aliphatic hydroxyl groups is 1. The Hall–Kier alpha value is -1.27. The highest BCUT2D eigenvalue weighted by Crippen LogP contribution is 2.47. The molecule has 2 rings (SSSR count). The predicted octanol–water partition coefficient (Wildman–Crippen LogP) is 3.25. The highest BCUT2D eigenvalue weighted by atomic mass is 32.1. The van der Waals surface area contributed by atoms with E-state index in [9.17, 15) is 18.3 Å². The van der Waals surface area contributed by atoms with Crippen molar-refractivity contribution in [2.24, 2.45) is 0 Å². The lowest BCUT2D eigenvalue weighted by Crippen LogP contribution is -2.39. The van der Waals surface area contributed by atoms with E-state index in [4.69, 9.17) is 5.73 Å². The largest absolute Gasteiger partial charge is 0.421 e. The van der Waals surface area contributed by atoms with E-state index in [2.05, 4.69) is 0 Å². The Morgan fingerprint density at radius 2 is 1.82 bits per heavy atom. The highest BCUT2D eigenvalue weighted by Gasteiger charge is 2.53. The zero-order valence-electron chi connectivity index (χ0n) is 8.88. The summed E-state index contributed by atoms with van der Waals surface area (Å²) in [5, 5.41) is 10.0. The van der Waals surface area contributed by atoms with Crippen molar-refractivity contribution in [3.8, 4) is 0 Å². The van der Waals surface area contributed by atoms with Gasteiger partial charge in [0.2, 0.25) is 0 Å². The molecule has 0 spiro atoms. The zero-order valence-corrected chi connectivity index (χ0v) is 9.69. The number of rotatable bonds is 1. The standard InChI is InChI=1S/C11H10F3NOS/c1-10(16,11(12,13)14)8-6-4-2-3-5-7(6)17-9(8)15/h2-5,16H,15H2,1H3. The van der Waals surface area contributed by atoms with Crippen LogP contribution in [-0.2, 0) is 5.60 Å². The van der Waals surface area contributed by atoms with Crippen LogP contribution in [0.3, 0.4) is 0 Å². The van der Waals surface area contributed by atoms with E-state index in [0.29, 0.717) is 10.1 Å². The van der Waals surface area contributed by atoms with E-state index in [1.807, 2.05) is 0 Å². The van der Waals surface area contributed by atoms with Gasteiger partial charge in [0, 0.05) is 15.6 Å². The molecule has 17 heavy (non-hydrogen) atoms. The number of anilines is 1. The van der Waals surface area contributed by atoms with E-state index >= 15 is 0 Å². The number of hydrogen-bond acceptors (Lipinski definition) is 3. The van der Waals surface area contributed by atoms with Crippen LogP contribution >= 0.6 is 11.3 Å². The minimum absolute atomic E-state index is 0.00600. The van der Waals surface area contributed by atoms with Gasteiger partial charge in [-0.2, -0.15) is 13.2 Å². The average Bonchev–Trinajstić information content (AvgIpc) is 2.51. The second kappa shape index (κ2) is 3.61. The molecule has 0 amide bonds. The molecule has 0 fully saturated rings. The summed E-state index contributed by atoms with van der Waals surface area (Å²) in [6.07, 6.45) is -4.76. The molecule has 3 N–H and O–H groups in total. The quantitative estimate of drug-likeness (QED) is 0.827. The third-order valence-corrected chi connectivity index (χ3v) is 3.66. The maximum Gasteiger partial charge on any atom is 0.421 e. The molecular formula is C11H10F3NOS. The van der Waals surface area contributed by atoms with Gasteiger partial charge in [0.05, 0.1) is 5.00 Å². The van der Waals surface area contributed by atoms with Gasteiger partial charge in [-0.15, -0.1) is 11.3 Å². The number of nitrogens with two attached hydrogens (primary N) is 1. The molecule has 0 saturated heterocycles. The summed E-state index contributed by atoms with van der Waals surface area (Å²) < 4.78 is 39.0. The first-order valence-corrected chi connectivity index (χ1v) is 5.63. The van der Waals surface area contributed by atoms with Gasteiger partial charge >= 0.3 is 6.18 Å². The lowest BCUT2D eigenvalue weighted by molar-refractivity contribution is -0.258. The van der Waals surface area contributed by atoms with Gasteiger partial charge in [0.1, 0.15) is 0 Å². The van der Waals surface area contributed by atoms with Crippen LogP contribution in [0, 0.1) is 0 Å². The Balaban J connectivity index is 2.75. The second-order valence-electron chi connectivity index (χ2n) is 3.91. The fraction of sp³-hybridized carbons (Fsp3) is 0.273. The number of fused-ring (bicyclic) bond motifs is 1. The SMILES string of the molecule is CC(O)(c1c(N)sc2ccccc12)C(F)(F)F. The van der Waals surface area contributed by atoms with Crippen LogP contribution in [0.1, 0.15) is 12.5 Å². The highest BCUT2D eigenvalue weighted by molar-refractivity contribution is 7.22. The molecule has 2 nitrogen and oxygen atoms in total. The van der Waals surface area contributed by atoms with Crippen molar-refractivity contribution < 1.29 is 18.3 Å². The van der Waals surface area contributed by atoms with E-state index in [1.165, 1.54) is 6.07 Å². The molecule has 0 aliphatic heterocycles. The number of alkyl halides is 3. The summed E-state index contributed by atoms with van der Waals surface area (Å²) in [5.41, 5.74) is 2.40. The average molecular weight is 261 g/mol. The molecule has 1 heterocycles. The molecule has 92 valence electrons. The van der Waals surface area contributed by atoms with Crippen LogP contribution in [0.25, 0.3) is 10.1 Å². The van der Waals surface area contributed by atoms with Gasteiger partial charge in [0.25, 0.3) is 0 Å². The molecule has 1 aromatic heterocycles. The molecule has 0 aliphatic carbocycles. The molecule has 1 unspecified atom stereocenters. The first-order valence-electron chi connectivity index (χ1n) is 4.81. The summed E-state index contributed by atoms with van der Waals surface area (Å²) in [4.78, 5) is 0. The fourth-order valence-electron chi connectivity index (χ4n) is 1.71. The minimum Gasteiger partial charge on any atom is -0.390 e. The smallest absolute Gasteiger partial charge is 0.390 e. The molecule has 2 aromatic rings. The van der Waals surface area contributed by atoms with Gasteiger partial charge in [-0.05, 0) is 13.0 Å². The second-order valence-corrected chi connectivity index (χ2v) is 4.99. The Labute approximate surface area is 99.5 Å². The topological polar surface area (TPSA) is 46.2 Å². The predicted molar refractivity (Wildman–Crippen MR) is 61.9 cm³/mol. The zero-order chi connectivity index (χ0) is 12.8. The van der Waals surface area contributed by atoms with Crippen LogP contribution in [0.4, 0.5) is 18.2 Å². The first-order chi connectivity index (χ1) is 7.75. The van der Waals surface area contributed by atoms with Gasteiger partial charge in [0.15, 0.2) is 5.60 Å². The maximum atomic E-state index is 12.8. The number of thiophene rings is 1. The number of nitrogen functional groups attached to an aromatic ring is 1. The van der Waals surface area contributed by atoms with E-state index in [0.717, 1.165) is 18.3 Å². The molecule has 6 heteroatoms. The minimum atomic E-state index is -4.76. The van der Waals surface area contributed by atoms with E-state index in [-0.39, 0.29) is 10.6 Å². The van der Waals surface area contributed by atoms with Gasteiger partial charge in [-0.25, -0.2) is 0 Å². The lowest BCUT2D eigenvalue weighted by atomic mass is 9.94. The van der Waals surface area contributed by atoms with Gasteiger partial charge in [-0.3, -0.25) is 0 Å².